The molecule has 0 nitrogen and oxygen atoms in total. The van der Waals surface area contributed by atoms with E-state index in [1.807, 2.05) is 42.5 Å². The lowest BCUT2D eigenvalue weighted by Gasteiger charge is -2.08. The fourth-order valence-electron chi connectivity index (χ4n) is 1.54. The zero-order valence-corrected chi connectivity index (χ0v) is 10.7. The van der Waals surface area contributed by atoms with Crippen molar-refractivity contribution < 1.29 is 0 Å². The van der Waals surface area contributed by atoms with Crippen LogP contribution in [0.1, 0.15) is 5.56 Å². The van der Waals surface area contributed by atoms with Crippen molar-refractivity contribution >= 4 is 34.8 Å². The summed E-state index contributed by atoms with van der Waals surface area (Å²) in [5.41, 5.74) is 2.88. The molecular formula is C13H9Cl3. The Kier molecular flexibility index (Phi) is 3.75. The molecule has 0 atom stereocenters. The summed E-state index contributed by atoms with van der Waals surface area (Å²) in [4.78, 5) is 0. The summed E-state index contributed by atoms with van der Waals surface area (Å²) in [6.07, 6.45) is 0. The second-order valence-electron chi connectivity index (χ2n) is 3.43. The minimum atomic E-state index is 0.467. The lowest BCUT2D eigenvalue weighted by molar-refractivity contribution is 1.40. The number of hydrogen-bond acceptors (Lipinski definition) is 0. The maximum absolute atomic E-state index is 6.16. The van der Waals surface area contributed by atoms with Crippen LogP contribution in [0.2, 0.25) is 10.0 Å². The molecule has 2 aromatic rings. The van der Waals surface area contributed by atoms with Gasteiger partial charge in [0.2, 0.25) is 0 Å². The predicted molar refractivity (Wildman–Crippen MR) is 71.5 cm³/mol. The lowest BCUT2D eigenvalue weighted by atomic mass is 10.0. The zero-order chi connectivity index (χ0) is 11.5. The molecule has 2 aromatic carbocycles. The monoisotopic (exact) mass is 270 g/mol. The third kappa shape index (κ3) is 2.35. The lowest BCUT2D eigenvalue weighted by Crippen LogP contribution is -1.84. The average Bonchev–Trinajstić information content (AvgIpc) is 2.31. The summed E-state index contributed by atoms with van der Waals surface area (Å²) in [5.74, 6) is 0.467. The Morgan fingerprint density at radius 3 is 2.19 bits per heavy atom. The first-order chi connectivity index (χ1) is 7.72. The highest BCUT2D eigenvalue weighted by molar-refractivity contribution is 6.36. The van der Waals surface area contributed by atoms with Crippen molar-refractivity contribution in [2.75, 3.05) is 0 Å². The van der Waals surface area contributed by atoms with Crippen LogP contribution in [0.25, 0.3) is 11.1 Å². The molecule has 0 saturated carbocycles. The van der Waals surface area contributed by atoms with E-state index < -0.39 is 0 Å². The first kappa shape index (κ1) is 11.8. The van der Waals surface area contributed by atoms with Gasteiger partial charge in [-0.3, -0.25) is 0 Å². The molecule has 0 aliphatic rings. The fraction of sp³-hybridized carbons (Fsp3) is 0.0769. The van der Waals surface area contributed by atoms with Crippen LogP contribution >= 0.6 is 34.8 Å². The summed E-state index contributed by atoms with van der Waals surface area (Å²) in [7, 11) is 0. The van der Waals surface area contributed by atoms with Crippen molar-refractivity contribution in [3.8, 4) is 11.1 Å². The normalized spacial score (nSPS) is 10.4. The standard InChI is InChI=1S/C13H9Cl3/c14-8-9-5-6-13(16)11(7-9)10-3-1-2-4-12(10)15/h1-7H,8H2. The maximum atomic E-state index is 6.16. The number of halogens is 3. The second-order valence-corrected chi connectivity index (χ2v) is 4.51. The van der Waals surface area contributed by atoms with Gasteiger partial charge in [-0.15, -0.1) is 11.6 Å². The molecule has 82 valence electrons. The molecule has 0 spiro atoms. The molecule has 0 aliphatic carbocycles. The van der Waals surface area contributed by atoms with Crippen molar-refractivity contribution in [2.24, 2.45) is 0 Å². The third-order valence-electron chi connectivity index (χ3n) is 2.35. The molecule has 2 rings (SSSR count). The number of hydrogen-bond donors (Lipinski definition) is 0. The van der Waals surface area contributed by atoms with Crippen LogP contribution in [0.4, 0.5) is 0 Å². The Morgan fingerprint density at radius 1 is 0.812 bits per heavy atom. The van der Waals surface area contributed by atoms with E-state index in [2.05, 4.69) is 0 Å². The summed E-state index contributed by atoms with van der Waals surface area (Å²) in [6.45, 7) is 0. The molecule has 0 saturated heterocycles. The van der Waals surface area contributed by atoms with Gasteiger partial charge in [0.15, 0.2) is 0 Å². The van der Waals surface area contributed by atoms with Gasteiger partial charge in [0.25, 0.3) is 0 Å². The smallest absolute Gasteiger partial charge is 0.0485 e. The van der Waals surface area contributed by atoms with E-state index in [0.717, 1.165) is 16.7 Å². The van der Waals surface area contributed by atoms with Gasteiger partial charge in [-0.1, -0.05) is 47.5 Å². The average molecular weight is 272 g/mol. The van der Waals surface area contributed by atoms with Gasteiger partial charge in [0.1, 0.15) is 0 Å². The van der Waals surface area contributed by atoms with Crippen LogP contribution in [0, 0.1) is 0 Å². The summed E-state index contributed by atoms with van der Waals surface area (Å²) in [6, 6.07) is 13.3. The number of rotatable bonds is 2. The van der Waals surface area contributed by atoms with Gasteiger partial charge < -0.3 is 0 Å². The van der Waals surface area contributed by atoms with E-state index in [1.165, 1.54) is 0 Å². The highest BCUT2D eigenvalue weighted by Crippen LogP contribution is 2.33. The molecule has 0 aromatic heterocycles. The van der Waals surface area contributed by atoms with Crippen molar-refractivity contribution in [1.82, 2.24) is 0 Å². The topological polar surface area (TPSA) is 0 Å². The minimum Gasteiger partial charge on any atom is -0.122 e. The van der Waals surface area contributed by atoms with Gasteiger partial charge in [-0.25, -0.2) is 0 Å². The Balaban J connectivity index is 2.59. The van der Waals surface area contributed by atoms with E-state index >= 15 is 0 Å². The molecule has 0 unspecified atom stereocenters. The third-order valence-corrected chi connectivity index (χ3v) is 3.32. The first-order valence-electron chi connectivity index (χ1n) is 4.81. The molecular weight excluding hydrogens is 263 g/mol. The molecule has 3 heteroatoms. The Bertz CT molecular complexity index is 506. The molecule has 0 radical (unpaired) electrons. The highest BCUT2D eigenvalue weighted by Gasteiger charge is 2.07. The molecule has 16 heavy (non-hydrogen) atoms. The van der Waals surface area contributed by atoms with Gasteiger partial charge in [-0.05, 0) is 23.8 Å². The SMILES string of the molecule is ClCc1ccc(Cl)c(-c2ccccc2Cl)c1. The molecule has 0 bridgehead atoms. The van der Waals surface area contributed by atoms with Gasteiger partial charge in [-0.2, -0.15) is 0 Å². The van der Waals surface area contributed by atoms with Crippen molar-refractivity contribution in [1.29, 1.82) is 0 Å². The largest absolute Gasteiger partial charge is 0.122 e. The quantitative estimate of drug-likeness (QED) is 0.642. The van der Waals surface area contributed by atoms with E-state index in [4.69, 9.17) is 34.8 Å². The van der Waals surface area contributed by atoms with Crippen LogP contribution in [0.15, 0.2) is 42.5 Å². The Labute approximate surface area is 110 Å². The fourth-order valence-corrected chi connectivity index (χ4v) is 2.16. The van der Waals surface area contributed by atoms with E-state index in [0.29, 0.717) is 15.9 Å². The van der Waals surface area contributed by atoms with E-state index in [9.17, 15) is 0 Å². The summed E-state index contributed by atoms with van der Waals surface area (Å²) < 4.78 is 0. The Morgan fingerprint density at radius 2 is 1.50 bits per heavy atom. The van der Waals surface area contributed by atoms with Gasteiger partial charge >= 0.3 is 0 Å². The van der Waals surface area contributed by atoms with E-state index in [1.54, 1.807) is 0 Å². The molecule has 0 N–H and O–H groups in total. The van der Waals surface area contributed by atoms with Crippen LogP contribution in [0.5, 0.6) is 0 Å². The highest BCUT2D eigenvalue weighted by atomic mass is 35.5. The summed E-state index contributed by atoms with van der Waals surface area (Å²) in [5, 5.41) is 1.37. The molecule has 0 aliphatic heterocycles. The van der Waals surface area contributed by atoms with Crippen molar-refractivity contribution in [2.45, 2.75) is 5.88 Å². The van der Waals surface area contributed by atoms with Crippen molar-refractivity contribution in [3.63, 3.8) is 0 Å². The first-order valence-corrected chi connectivity index (χ1v) is 6.10. The number of benzene rings is 2. The number of alkyl halides is 1. The Hall–Kier alpha value is -0.690. The van der Waals surface area contributed by atoms with Crippen LogP contribution < -0.4 is 0 Å². The predicted octanol–water partition coefficient (Wildman–Crippen LogP) is 5.40. The van der Waals surface area contributed by atoms with E-state index in [-0.39, 0.29) is 0 Å². The van der Waals surface area contributed by atoms with Gasteiger partial charge in [0, 0.05) is 27.1 Å². The van der Waals surface area contributed by atoms with Gasteiger partial charge in [0.05, 0.1) is 0 Å². The minimum absolute atomic E-state index is 0.467. The second kappa shape index (κ2) is 5.09. The van der Waals surface area contributed by atoms with Crippen LogP contribution in [-0.2, 0) is 5.88 Å². The molecule has 0 fully saturated rings. The maximum Gasteiger partial charge on any atom is 0.0485 e. The van der Waals surface area contributed by atoms with Crippen LogP contribution in [0.3, 0.4) is 0 Å². The van der Waals surface area contributed by atoms with Crippen molar-refractivity contribution in [3.05, 3.63) is 58.1 Å². The summed E-state index contributed by atoms with van der Waals surface area (Å²) >= 11 is 18.1. The molecule has 0 amide bonds. The molecule has 0 heterocycles. The zero-order valence-electron chi connectivity index (χ0n) is 8.38. The van der Waals surface area contributed by atoms with Crippen LogP contribution in [-0.4, -0.2) is 0 Å².